The molecule has 0 unspecified atom stereocenters. The molecule has 0 bridgehead atoms. The predicted molar refractivity (Wildman–Crippen MR) is 81.6 cm³/mol. The molecule has 0 saturated carbocycles. The lowest BCUT2D eigenvalue weighted by Gasteiger charge is -2.24. The van der Waals surface area contributed by atoms with Gasteiger partial charge in [-0.15, -0.1) is 0 Å². The van der Waals surface area contributed by atoms with Crippen LogP contribution in [0.1, 0.15) is 47.0 Å². The highest BCUT2D eigenvalue weighted by molar-refractivity contribution is 5.66. The van der Waals surface area contributed by atoms with E-state index in [1.807, 2.05) is 13.8 Å². The number of carbonyl (C=O) groups is 1. The first kappa shape index (κ1) is 17.2. The van der Waals surface area contributed by atoms with Gasteiger partial charge in [0.05, 0.1) is 6.10 Å². The van der Waals surface area contributed by atoms with Crippen molar-refractivity contribution < 1.29 is 14.6 Å². The van der Waals surface area contributed by atoms with E-state index in [1.54, 1.807) is 6.07 Å². The Morgan fingerprint density at radius 1 is 1.38 bits per heavy atom. The number of hydrogen-bond donors (Lipinski definition) is 2. The molecule has 0 amide bonds. The zero-order chi connectivity index (χ0) is 15.9. The van der Waals surface area contributed by atoms with Crippen molar-refractivity contribution in [3.63, 3.8) is 0 Å². The number of carboxylic acids is 1. The van der Waals surface area contributed by atoms with E-state index in [2.05, 4.69) is 29.1 Å². The van der Waals surface area contributed by atoms with Gasteiger partial charge in [0.2, 0.25) is 5.88 Å². The standard InChI is InChI=1S/C15H25N3O3/c1-11(2)21-13-9-12(17-10-18-13)16-8-7-15(3,4)6-5-14(19)20/h9-11H,5-8H2,1-4H3,(H,19,20)(H,16,17,18). The minimum atomic E-state index is -0.748. The highest BCUT2D eigenvalue weighted by Gasteiger charge is 2.18. The van der Waals surface area contributed by atoms with E-state index in [4.69, 9.17) is 9.84 Å². The number of nitrogens with one attached hydrogen (secondary N) is 1. The summed E-state index contributed by atoms with van der Waals surface area (Å²) in [7, 11) is 0. The molecule has 2 N–H and O–H groups in total. The Bertz CT molecular complexity index is 461. The fourth-order valence-electron chi connectivity index (χ4n) is 1.84. The number of nitrogens with zero attached hydrogens (tertiary/aromatic N) is 2. The van der Waals surface area contributed by atoms with Crippen molar-refractivity contribution in [2.75, 3.05) is 11.9 Å². The first-order valence-corrected chi connectivity index (χ1v) is 7.23. The molecule has 1 aromatic rings. The Kier molecular flexibility index (Phi) is 6.39. The van der Waals surface area contributed by atoms with Gasteiger partial charge >= 0.3 is 5.97 Å². The van der Waals surface area contributed by atoms with Gasteiger partial charge in [-0.2, -0.15) is 0 Å². The van der Waals surface area contributed by atoms with Crippen molar-refractivity contribution in [1.29, 1.82) is 0 Å². The Morgan fingerprint density at radius 2 is 2.10 bits per heavy atom. The third-order valence-electron chi connectivity index (χ3n) is 3.12. The van der Waals surface area contributed by atoms with Crippen LogP contribution in [0.2, 0.25) is 0 Å². The second kappa shape index (κ2) is 7.81. The first-order chi connectivity index (χ1) is 9.78. The van der Waals surface area contributed by atoms with Crippen LogP contribution in [0.3, 0.4) is 0 Å². The molecule has 1 rings (SSSR count). The maximum atomic E-state index is 10.6. The molecule has 118 valence electrons. The van der Waals surface area contributed by atoms with Crippen molar-refractivity contribution in [2.24, 2.45) is 5.41 Å². The van der Waals surface area contributed by atoms with Gasteiger partial charge in [-0.3, -0.25) is 4.79 Å². The molecule has 0 aliphatic carbocycles. The number of carboxylic acid groups (broad SMARTS) is 1. The summed E-state index contributed by atoms with van der Waals surface area (Å²) < 4.78 is 5.51. The Balaban J connectivity index is 2.42. The molecule has 21 heavy (non-hydrogen) atoms. The summed E-state index contributed by atoms with van der Waals surface area (Å²) in [5, 5.41) is 12.0. The van der Waals surface area contributed by atoms with Crippen molar-refractivity contribution in [3.8, 4) is 5.88 Å². The van der Waals surface area contributed by atoms with Crippen LogP contribution in [-0.4, -0.2) is 33.7 Å². The van der Waals surface area contributed by atoms with Gasteiger partial charge in [0, 0.05) is 19.0 Å². The van der Waals surface area contributed by atoms with Crippen LogP contribution >= 0.6 is 0 Å². The lowest BCUT2D eigenvalue weighted by atomic mass is 9.84. The molecule has 0 radical (unpaired) electrons. The zero-order valence-corrected chi connectivity index (χ0v) is 13.2. The molecule has 6 heteroatoms. The average Bonchev–Trinajstić information content (AvgIpc) is 2.36. The Hall–Kier alpha value is -1.85. The van der Waals surface area contributed by atoms with Gasteiger partial charge in [0.1, 0.15) is 12.1 Å². The summed E-state index contributed by atoms with van der Waals surface area (Å²) in [6.07, 6.45) is 3.27. The maximum Gasteiger partial charge on any atom is 0.303 e. The van der Waals surface area contributed by atoms with Gasteiger partial charge in [-0.05, 0) is 32.1 Å². The summed E-state index contributed by atoms with van der Waals surface area (Å²) in [5.74, 6) is 0.518. The summed E-state index contributed by atoms with van der Waals surface area (Å²) in [6, 6.07) is 1.77. The van der Waals surface area contributed by atoms with E-state index >= 15 is 0 Å². The van der Waals surface area contributed by atoms with E-state index < -0.39 is 5.97 Å². The summed E-state index contributed by atoms with van der Waals surface area (Å²) in [6.45, 7) is 8.76. The Labute approximate surface area is 126 Å². The third kappa shape index (κ3) is 7.48. The molecule has 0 aliphatic rings. The molecule has 0 atom stereocenters. The quantitative estimate of drug-likeness (QED) is 0.728. The lowest BCUT2D eigenvalue weighted by Crippen LogP contribution is -2.18. The van der Waals surface area contributed by atoms with Crippen LogP contribution in [0, 0.1) is 5.41 Å². The summed E-state index contributed by atoms with van der Waals surface area (Å²) >= 11 is 0. The predicted octanol–water partition coefficient (Wildman–Crippen LogP) is 2.96. The van der Waals surface area contributed by atoms with Gasteiger partial charge in [0.15, 0.2) is 0 Å². The monoisotopic (exact) mass is 295 g/mol. The molecule has 1 heterocycles. The van der Waals surface area contributed by atoms with Gasteiger partial charge < -0.3 is 15.2 Å². The fourth-order valence-corrected chi connectivity index (χ4v) is 1.84. The molecule has 6 nitrogen and oxygen atoms in total. The normalized spacial score (nSPS) is 11.5. The van der Waals surface area contributed by atoms with Crippen LogP contribution in [0.25, 0.3) is 0 Å². The molecule has 1 aromatic heterocycles. The van der Waals surface area contributed by atoms with E-state index in [-0.39, 0.29) is 17.9 Å². The summed E-state index contributed by atoms with van der Waals surface area (Å²) in [5.41, 5.74) is -0.0182. The minimum absolute atomic E-state index is 0.0182. The zero-order valence-electron chi connectivity index (χ0n) is 13.2. The smallest absolute Gasteiger partial charge is 0.303 e. The number of aromatic nitrogens is 2. The van der Waals surface area contributed by atoms with Gasteiger partial charge in [-0.1, -0.05) is 13.8 Å². The van der Waals surface area contributed by atoms with Crippen LogP contribution in [0.5, 0.6) is 5.88 Å². The second-order valence-corrected chi connectivity index (χ2v) is 6.14. The van der Waals surface area contributed by atoms with Crippen molar-refractivity contribution in [2.45, 2.75) is 53.1 Å². The molecule has 0 aromatic carbocycles. The highest BCUT2D eigenvalue weighted by atomic mass is 16.5. The van der Waals surface area contributed by atoms with E-state index in [1.165, 1.54) is 6.33 Å². The minimum Gasteiger partial charge on any atom is -0.481 e. The summed E-state index contributed by atoms with van der Waals surface area (Å²) in [4.78, 5) is 18.8. The van der Waals surface area contributed by atoms with Crippen molar-refractivity contribution in [3.05, 3.63) is 12.4 Å². The van der Waals surface area contributed by atoms with Gasteiger partial charge in [0.25, 0.3) is 0 Å². The largest absolute Gasteiger partial charge is 0.481 e. The molecule has 0 fully saturated rings. The SMILES string of the molecule is CC(C)Oc1cc(NCCC(C)(C)CCC(=O)O)ncn1. The lowest BCUT2D eigenvalue weighted by molar-refractivity contribution is -0.137. The van der Waals surface area contributed by atoms with E-state index in [0.717, 1.165) is 18.8 Å². The molecular formula is C15H25N3O3. The number of anilines is 1. The second-order valence-electron chi connectivity index (χ2n) is 6.14. The number of rotatable bonds is 9. The van der Waals surface area contributed by atoms with Crippen molar-refractivity contribution in [1.82, 2.24) is 9.97 Å². The van der Waals surface area contributed by atoms with Crippen LogP contribution in [0.15, 0.2) is 12.4 Å². The van der Waals surface area contributed by atoms with Crippen LogP contribution in [0.4, 0.5) is 5.82 Å². The van der Waals surface area contributed by atoms with E-state index in [9.17, 15) is 4.79 Å². The van der Waals surface area contributed by atoms with Crippen molar-refractivity contribution >= 4 is 11.8 Å². The highest BCUT2D eigenvalue weighted by Crippen LogP contribution is 2.26. The molecule has 0 aliphatic heterocycles. The molecular weight excluding hydrogens is 270 g/mol. The van der Waals surface area contributed by atoms with Crippen LogP contribution < -0.4 is 10.1 Å². The molecule has 0 saturated heterocycles. The average molecular weight is 295 g/mol. The number of hydrogen-bond acceptors (Lipinski definition) is 5. The van der Waals surface area contributed by atoms with Gasteiger partial charge in [-0.25, -0.2) is 9.97 Å². The molecule has 0 spiro atoms. The first-order valence-electron chi connectivity index (χ1n) is 7.23. The third-order valence-corrected chi connectivity index (χ3v) is 3.12. The fraction of sp³-hybridized carbons (Fsp3) is 0.667. The van der Waals surface area contributed by atoms with Crippen LogP contribution in [-0.2, 0) is 4.79 Å². The Morgan fingerprint density at radius 3 is 2.71 bits per heavy atom. The number of aliphatic carboxylic acids is 1. The maximum absolute atomic E-state index is 10.6. The van der Waals surface area contributed by atoms with E-state index in [0.29, 0.717) is 12.3 Å². The number of ether oxygens (including phenoxy) is 1. The topological polar surface area (TPSA) is 84.3 Å².